The van der Waals surface area contributed by atoms with Crippen LogP contribution in [0.5, 0.6) is 0 Å². The molecule has 6 heteroatoms. The van der Waals surface area contributed by atoms with Crippen molar-refractivity contribution < 1.29 is 4.79 Å². The van der Waals surface area contributed by atoms with Gasteiger partial charge < -0.3 is 10.2 Å². The summed E-state index contributed by atoms with van der Waals surface area (Å²) in [5.74, 6) is 1.97. The largest absolute Gasteiger partial charge is 0.338 e. The van der Waals surface area contributed by atoms with E-state index in [1.165, 1.54) is 10.5 Å². The predicted octanol–water partition coefficient (Wildman–Crippen LogP) is 3.72. The second-order valence-corrected chi connectivity index (χ2v) is 8.04. The van der Waals surface area contributed by atoms with Crippen molar-refractivity contribution in [2.75, 3.05) is 25.9 Å². The lowest BCUT2D eigenvalue weighted by atomic mass is 9.87. The van der Waals surface area contributed by atoms with Crippen molar-refractivity contribution in [1.82, 2.24) is 10.2 Å². The van der Waals surface area contributed by atoms with E-state index in [9.17, 15) is 4.79 Å². The SMILES string of the molecule is CC(C(=O)N(C)C1CCSc2ccc(Br)cc21)C1CNC1.Cl. The van der Waals surface area contributed by atoms with Gasteiger partial charge in [-0.25, -0.2) is 0 Å². The minimum Gasteiger partial charge on any atom is -0.338 e. The van der Waals surface area contributed by atoms with E-state index in [4.69, 9.17) is 0 Å². The quantitative estimate of drug-likeness (QED) is 0.832. The number of nitrogens with one attached hydrogen (secondary N) is 1. The molecule has 1 aromatic rings. The van der Waals surface area contributed by atoms with Gasteiger partial charge in [-0.15, -0.1) is 24.2 Å². The Morgan fingerprint density at radius 3 is 2.82 bits per heavy atom. The Bertz CT molecular complexity index is 553. The van der Waals surface area contributed by atoms with Crippen LogP contribution in [-0.2, 0) is 4.79 Å². The average molecular weight is 406 g/mol. The molecule has 3 rings (SSSR count). The van der Waals surface area contributed by atoms with E-state index in [-0.39, 0.29) is 30.3 Å². The summed E-state index contributed by atoms with van der Waals surface area (Å²) in [5.41, 5.74) is 1.29. The number of amides is 1. The van der Waals surface area contributed by atoms with Crippen molar-refractivity contribution in [1.29, 1.82) is 0 Å². The first-order valence-corrected chi connectivity index (χ1v) is 9.25. The van der Waals surface area contributed by atoms with E-state index in [2.05, 4.69) is 46.4 Å². The highest BCUT2D eigenvalue weighted by molar-refractivity contribution is 9.10. The molecule has 1 amide bonds. The van der Waals surface area contributed by atoms with Gasteiger partial charge in [0.25, 0.3) is 0 Å². The van der Waals surface area contributed by atoms with Gasteiger partial charge in [0, 0.05) is 28.1 Å². The highest BCUT2D eigenvalue weighted by Crippen LogP contribution is 2.40. The second-order valence-electron chi connectivity index (χ2n) is 5.99. The number of carbonyl (C=O) groups is 1. The van der Waals surface area contributed by atoms with E-state index in [1.54, 1.807) is 0 Å². The van der Waals surface area contributed by atoms with Gasteiger partial charge in [-0.2, -0.15) is 0 Å². The fraction of sp³-hybridized carbons (Fsp3) is 0.562. The number of carbonyl (C=O) groups excluding carboxylic acids is 1. The van der Waals surface area contributed by atoms with E-state index >= 15 is 0 Å². The van der Waals surface area contributed by atoms with Crippen LogP contribution >= 0.6 is 40.1 Å². The maximum absolute atomic E-state index is 12.8. The summed E-state index contributed by atoms with van der Waals surface area (Å²) in [6.45, 7) is 4.02. The zero-order valence-electron chi connectivity index (χ0n) is 12.8. The van der Waals surface area contributed by atoms with E-state index in [0.717, 1.165) is 29.7 Å². The minimum absolute atomic E-state index is 0. The highest BCUT2D eigenvalue weighted by Gasteiger charge is 2.34. The van der Waals surface area contributed by atoms with Gasteiger partial charge in [-0.1, -0.05) is 22.9 Å². The van der Waals surface area contributed by atoms with Crippen molar-refractivity contribution in [2.24, 2.45) is 11.8 Å². The molecule has 0 bridgehead atoms. The van der Waals surface area contributed by atoms with Crippen LogP contribution in [0.4, 0.5) is 0 Å². The van der Waals surface area contributed by atoms with Gasteiger partial charge in [0.2, 0.25) is 5.91 Å². The number of thioether (sulfide) groups is 1. The topological polar surface area (TPSA) is 32.3 Å². The van der Waals surface area contributed by atoms with E-state index in [0.29, 0.717) is 5.92 Å². The maximum Gasteiger partial charge on any atom is 0.226 e. The second kappa shape index (κ2) is 7.56. The number of nitrogens with zero attached hydrogens (tertiary/aromatic N) is 1. The Kier molecular flexibility index (Phi) is 6.22. The molecule has 0 radical (unpaired) electrons. The third kappa shape index (κ3) is 3.48. The molecule has 1 saturated heterocycles. The number of rotatable bonds is 3. The van der Waals surface area contributed by atoms with Crippen molar-refractivity contribution in [3.63, 3.8) is 0 Å². The summed E-state index contributed by atoms with van der Waals surface area (Å²) in [6.07, 6.45) is 1.03. The van der Waals surface area contributed by atoms with Gasteiger partial charge in [0.15, 0.2) is 0 Å². The van der Waals surface area contributed by atoms with Gasteiger partial charge >= 0.3 is 0 Å². The molecule has 2 unspecified atom stereocenters. The number of halogens is 2. The van der Waals surface area contributed by atoms with Crippen molar-refractivity contribution in [3.8, 4) is 0 Å². The summed E-state index contributed by atoms with van der Waals surface area (Å²) in [6, 6.07) is 6.62. The Hall–Kier alpha value is -0.230. The highest BCUT2D eigenvalue weighted by atomic mass is 79.9. The van der Waals surface area contributed by atoms with Crippen molar-refractivity contribution in [2.45, 2.75) is 24.3 Å². The Balaban J connectivity index is 0.00000176. The third-order valence-electron chi connectivity index (χ3n) is 4.70. The van der Waals surface area contributed by atoms with Gasteiger partial charge in [-0.05, 0) is 49.2 Å². The lowest BCUT2D eigenvalue weighted by Crippen LogP contribution is -2.50. The van der Waals surface area contributed by atoms with Crippen LogP contribution in [0.1, 0.15) is 24.9 Å². The summed E-state index contributed by atoms with van der Waals surface area (Å²) in [5, 5.41) is 3.26. The zero-order valence-corrected chi connectivity index (χ0v) is 16.1. The Labute approximate surface area is 151 Å². The van der Waals surface area contributed by atoms with Crippen LogP contribution in [0.2, 0.25) is 0 Å². The average Bonchev–Trinajstić information content (AvgIpc) is 2.43. The molecular weight excluding hydrogens is 384 g/mol. The Morgan fingerprint density at radius 1 is 1.45 bits per heavy atom. The fourth-order valence-corrected chi connectivity index (χ4v) is 4.56. The first-order chi connectivity index (χ1) is 10.1. The molecule has 2 heterocycles. The molecule has 0 aliphatic carbocycles. The predicted molar refractivity (Wildman–Crippen MR) is 97.8 cm³/mol. The molecule has 0 saturated carbocycles. The molecular formula is C16H22BrClN2OS. The normalized spacial score (nSPS) is 22.0. The summed E-state index contributed by atoms with van der Waals surface area (Å²) >= 11 is 5.45. The number of fused-ring (bicyclic) bond motifs is 1. The molecule has 1 aromatic carbocycles. The molecule has 3 nitrogen and oxygen atoms in total. The number of hydrogen-bond donors (Lipinski definition) is 1. The van der Waals surface area contributed by atoms with E-state index < -0.39 is 0 Å². The third-order valence-corrected chi connectivity index (χ3v) is 6.32. The Morgan fingerprint density at radius 2 is 2.18 bits per heavy atom. The van der Waals surface area contributed by atoms with Crippen LogP contribution in [0.3, 0.4) is 0 Å². The van der Waals surface area contributed by atoms with Gasteiger partial charge in [-0.3, -0.25) is 4.79 Å². The molecule has 2 aliphatic heterocycles. The lowest BCUT2D eigenvalue weighted by molar-refractivity contribution is -0.138. The van der Waals surface area contributed by atoms with Crippen LogP contribution in [0.25, 0.3) is 0 Å². The van der Waals surface area contributed by atoms with Crippen LogP contribution < -0.4 is 5.32 Å². The summed E-state index contributed by atoms with van der Waals surface area (Å²) < 4.78 is 1.09. The minimum atomic E-state index is 0. The van der Waals surface area contributed by atoms with E-state index in [1.807, 2.05) is 23.7 Å². The van der Waals surface area contributed by atoms with Crippen LogP contribution in [0, 0.1) is 11.8 Å². The molecule has 1 fully saturated rings. The number of hydrogen-bond acceptors (Lipinski definition) is 3. The molecule has 122 valence electrons. The van der Waals surface area contributed by atoms with Gasteiger partial charge in [0.1, 0.15) is 0 Å². The summed E-state index contributed by atoms with van der Waals surface area (Å²) in [4.78, 5) is 16.0. The fourth-order valence-electron chi connectivity index (χ4n) is 3.09. The monoisotopic (exact) mass is 404 g/mol. The smallest absolute Gasteiger partial charge is 0.226 e. The molecule has 22 heavy (non-hydrogen) atoms. The first-order valence-electron chi connectivity index (χ1n) is 7.47. The molecule has 2 aliphatic rings. The molecule has 0 aromatic heterocycles. The molecule has 2 atom stereocenters. The first kappa shape index (κ1) is 18.1. The molecule has 1 N–H and O–H groups in total. The van der Waals surface area contributed by atoms with Crippen molar-refractivity contribution >= 4 is 46.0 Å². The number of benzene rings is 1. The van der Waals surface area contributed by atoms with Crippen LogP contribution in [0.15, 0.2) is 27.6 Å². The molecule has 0 spiro atoms. The maximum atomic E-state index is 12.8. The zero-order chi connectivity index (χ0) is 15.0. The van der Waals surface area contributed by atoms with Crippen LogP contribution in [-0.4, -0.2) is 36.7 Å². The van der Waals surface area contributed by atoms with Gasteiger partial charge in [0.05, 0.1) is 6.04 Å². The van der Waals surface area contributed by atoms with Crippen molar-refractivity contribution in [3.05, 3.63) is 28.2 Å². The standard InChI is InChI=1S/C16H21BrN2OS.ClH/c1-10(11-8-18-9-11)16(20)19(2)14-5-6-21-15-4-3-12(17)7-13(14)15;/h3-4,7,10-11,14,18H,5-6,8-9H2,1-2H3;1H. The summed E-state index contributed by atoms with van der Waals surface area (Å²) in [7, 11) is 1.97. The lowest BCUT2D eigenvalue weighted by Gasteiger charge is -2.38.